The van der Waals surface area contributed by atoms with Crippen LogP contribution in [0.3, 0.4) is 0 Å². The standard InChI is InChI=1S/C6H11FN4/c1-5(8)6-4-9-10-11(6)3-2-7/h4-5H,2-3,8H2,1H3/t5-/m1/s1. The Bertz CT molecular complexity index is 220. The van der Waals surface area contributed by atoms with Gasteiger partial charge in [-0.05, 0) is 6.92 Å². The summed E-state index contributed by atoms with van der Waals surface area (Å²) >= 11 is 0. The van der Waals surface area contributed by atoms with Gasteiger partial charge < -0.3 is 5.73 Å². The highest BCUT2D eigenvalue weighted by atomic mass is 19.1. The minimum Gasteiger partial charge on any atom is -0.323 e. The smallest absolute Gasteiger partial charge is 0.109 e. The van der Waals surface area contributed by atoms with Crippen LogP contribution in [0.25, 0.3) is 0 Å². The van der Waals surface area contributed by atoms with Gasteiger partial charge in [-0.25, -0.2) is 9.07 Å². The van der Waals surface area contributed by atoms with E-state index in [4.69, 9.17) is 5.73 Å². The maximum absolute atomic E-state index is 11.9. The van der Waals surface area contributed by atoms with E-state index >= 15 is 0 Å². The third-order valence-corrected chi connectivity index (χ3v) is 1.41. The van der Waals surface area contributed by atoms with Gasteiger partial charge in [-0.15, -0.1) is 5.10 Å². The quantitative estimate of drug-likeness (QED) is 0.686. The molecule has 0 unspecified atom stereocenters. The number of nitrogens with two attached hydrogens (primary N) is 1. The molecule has 0 aromatic carbocycles. The third-order valence-electron chi connectivity index (χ3n) is 1.41. The number of halogens is 1. The van der Waals surface area contributed by atoms with Gasteiger partial charge in [0.25, 0.3) is 0 Å². The summed E-state index contributed by atoms with van der Waals surface area (Å²) in [7, 11) is 0. The summed E-state index contributed by atoms with van der Waals surface area (Å²) < 4.78 is 13.3. The molecule has 1 atom stereocenters. The van der Waals surface area contributed by atoms with Crippen LogP contribution in [0.1, 0.15) is 18.7 Å². The summed E-state index contributed by atoms with van der Waals surface area (Å²) in [6, 6.07) is -0.142. The lowest BCUT2D eigenvalue weighted by atomic mass is 10.3. The van der Waals surface area contributed by atoms with Gasteiger partial charge in [0.1, 0.15) is 6.67 Å². The molecule has 11 heavy (non-hydrogen) atoms. The van der Waals surface area contributed by atoms with Crippen LogP contribution in [-0.2, 0) is 6.54 Å². The second-order valence-electron chi connectivity index (χ2n) is 2.36. The topological polar surface area (TPSA) is 56.7 Å². The predicted octanol–water partition coefficient (Wildman–Crippen LogP) is 0.267. The van der Waals surface area contributed by atoms with Crippen molar-refractivity contribution >= 4 is 0 Å². The lowest BCUT2D eigenvalue weighted by Gasteiger charge is -2.05. The lowest BCUT2D eigenvalue weighted by Crippen LogP contribution is -2.14. The first-order valence-corrected chi connectivity index (χ1v) is 3.45. The molecule has 0 fully saturated rings. The van der Waals surface area contributed by atoms with E-state index in [0.717, 1.165) is 5.69 Å². The molecular weight excluding hydrogens is 147 g/mol. The Hall–Kier alpha value is -0.970. The molecule has 0 saturated carbocycles. The highest BCUT2D eigenvalue weighted by Crippen LogP contribution is 2.05. The predicted molar refractivity (Wildman–Crippen MR) is 38.6 cm³/mol. The molecule has 1 rings (SSSR count). The van der Waals surface area contributed by atoms with Crippen molar-refractivity contribution in [2.45, 2.75) is 19.5 Å². The van der Waals surface area contributed by atoms with E-state index in [2.05, 4.69) is 10.3 Å². The molecule has 0 saturated heterocycles. The molecule has 0 bridgehead atoms. The second-order valence-corrected chi connectivity index (χ2v) is 2.36. The first-order chi connectivity index (χ1) is 5.25. The highest BCUT2D eigenvalue weighted by Gasteiger charge is 2.06. The Kier molecular flexibility index (Phi) is 2.53. The van der Waals surface area contributed by atoms with E-state index in [0.29, 0.717) is 0 Å². The SMILES string of the molecule is C[C@@H](N)c1cnnn1CCF. The van der Waals surface area contributed by atoms with Gasteiger partial charge in [0.2, 0.25) is 0 Å². The first-order valence-electron chi connectivity index (χ1n) is 3.45. The molecule has 4 nitrogen and oxygen atoms in total. The van der Waals surface area contributed by atoms with Gasteiger partial charge in [-0.2, -0.15) is 0 Å². The monoisotopic (exact) mass is 158 g/mol. The highest BCUT2D eigenvalue weighted by molar-refractivity contribution is 4.98. The summed E-state index contributed by atoms with van der Waals surface area (Å²) in [6.45, 7) is 1.60. The van der Waals surface area contributed by atoms with Crippen molar-refractivity contribution in [3.63, 3.8) is 0 Å². The molecule has 2 N–H and O–H groups in total. The van der Waals surface area contributed by atoms with E-state index in [9.17, 15) is 4.39 Å². The van der Waals surface area contributed by atoms with Crippen LogP contribution < -0.4 is 5.73 Å². The molecule has 5 heteroatoms. The molecule has 62 valence electrons. The minimum absolute atomic E-state index is 0.142. The molecule has 0 radical (unpaired) electrons. The maximum Gasteiger partial charge on any atom is 0.109 e. The fourth-order valence-electron chi connectivity index (χ4n) is 0.872. The largest absolute Gasteiger partial charge is 0.323 e. The summed E-state index contributed by atoms with van der Waals surface area (Å²) in [5, 5.41) is 7.30. The number of hydrogen-bond donors (Lipinski definition) is 1. The normalized spacial score (nSPS) is 13.4. The second kappa shape index (κ2) is 3.43. The molecule has 0 spiro atoms. The first kappa shape index (κ1) is 8.13. The molecule has 0 aliphatic rings. The van der Waals surface area contributed by atoms with Crippen LogP contribution in [0.2, 0.25) is 0 Å². The number of alkyl halides is 1. The number of rotatable bonds is 3. The molecule has 1 heterocycles. The Labute approximate surface area is 64.2 Å². The van der Waals surface area contributed by atoms with Crippen LogP contribution in [0, 0.1) is 0 Å². The Balaban J connectivity index is 2.78. The van der Waals surface area contributed by atoms with Gasteiger partial charge in [-0.1, -0.05) is 5.21 Å². The molecule has 1 aromatic heterocycles. The zero-order valence-electron chi connectivity index (χ0n) is 6.37. The number of nitrogens with zero attached hydrogens (tertiary/aromatic N) is 3. The van der Waals surface area contributed by atoms with Gasteiger partial charge in [0.05, 0.1) is 18.4 Å². The van der Waals surface area contributed by atoms with Crippen molar-refractivity contribution in [1.82, 2.24) is 15.0 Å². The zero-order valence-corrected chi connectivity index (χ0v) is 6.37. The van der Waals surface area contributed by atoms with Crippen molar-refractivity contribution in [3.05, 3.63) is 11.9 Å². The summed E-state index contributed by atoms with van der Waals surface area (Å²) in [4.78, 5) is 0. The Morgan fingerprint density at radius 2 is 2.55 bits per heavy atom. The average molecular weight is 158 g/mol. The van der Waals surface area contributed by atoms with Crippen molar-refractivity contribution < 1.29 is 4.39 Å². The summed E-state index contributed by atoms with van der Waals surface area (Å²) in [6.07, 6.45) is 1.56. The fraction of sp³-hybridized carbons (Fsp3) is 0.667. The van der Waals surface area contributed by atoms with Crippen molar-refractivity contribution in [2.24, 2.45) is 5.73 Å². The summed E-state index contributed by atoms with van der Waals surface area (Å²) in [5.41, 5.74) is 6.33. The molecule has 0 aliphatic heterocycles. The van der Waals surface area contributed by atoms with Crippen LogP contribution in [0.15, 0.2) is 6.20 Å². The molecule has 0 amide bonds. The van der Waals surface area contributed by atoms with Crippen LogP contribution >= 0.6 is 0 Å². The molecular formula is C6H11FN4. The van der Waals surface area contributed by atoms with E-state index < -0.39 is 6.67 Å². The third kappa shape index (κ3) is 1.74. The van der Waals surface area contributed by atoms with Crippen LogP contribution in [-0.4, -0.2) is 21.7 Å². The lowest BCUT2D eigenvalue weighted by molar-refractivity contribution is 0.411. The van der Waals surface area contributed by atoms with Crippen LogP contribution in [0.5, 0.6) is 0 Å². The van der Waals surface area contributed by atoms with Gasteiger partial charge in [0.15, 0.2) is 0 Å². The summed E-state index contributed by atoms with van der Waals surface area (Å²) in [5.74, 6) is 0. The molecule has 0 aliphatic carbocycles. The minimum atomic E-state index is -0.441. The van der Waals surface area contributed by atoms with Crippen molar-refractivity contribution in [3.8, 4) is 0 Å². The van der Waals surface area contributed by atoms with E-state index in [1.165, 1.54) is 4.68 Å². The Morgan fingerprint density at radius 1 is 1.82 bits per heavy atom. The van der Waals surface area contributed by atoms with Gasteiger partial charge >= 0.3 is 0 Å². The van der Waals surface area contributed by atoms with Crippen LogP contribution in [0.4, 0.5) is 4.39 Å². The van der Waals surface area contributed by atoms with Crippen molar-refractivity contribution in [2.75, 3.05) is 6.67 Å². The number of hydrogen-bond acceptors (Lipinski definition) is 3. The van der Waals surface area contributed by atoms with Gasteiger partial charge in [-0.3, -0.25) is 0 Å². The van der Waals surface area contributed by atoms with Crippen molar-refractivity contribution in [1.29, 1.82) is 0 Å². The number of aromatic nitrogens is 3. The Morgan fingerprint density at radius 3 is 3.09 bits per heavy atom. The fourth-order valence-corrected chi connectivity index (χ4v) is 0.872. The maximum atomic E-state index is 11.9. The van der Waals surface area contributed by atoms with Gasteiger partial charge in [0, 0.05) is 6.04 Å². The van der Waals surface area contributed by atoms with E-state index in [1.54, 1.807) is 6.20 Å². The van der Waals surface area contributed by atoms with E-state index in [1.807, 2.05) is 6.92 Å². The zero-order chi connectivity index (χ0) is 8.27. The molecule has 1 aromatic rings. The number of aryl methyl sites for hydroxylation is 1. The average Bonchev–Trinajstić information content (AvgIpc) is 2.36. The van der Waals surface area contributed by atoms with E-state index in [-0.39, 0.29) is 12.6 Å².